The number of halogens is 1. The largest absolute Gasteiger partial charge is 0.496 e. The summed E-state index contributed by atoms with van der Waals surface area (Å²) in [6.45, 7) is 2.15. The first-order chi connectivity index (χ1) is 11.5. The summed E-state index contributed by atoms with van der Waals surface area (Å²) in [5, 5.41) is 15.1. The van der Waals surface area contributed by atoms with Gasteiger partial charge in [0.25, 0.3) is 0 Å². The van der Waals surface area contributed by atoms with Crippen molar-refractivity contribution >= 4 is 6.03 Å². The van der Waals surface area contributed by atoms with E-state index >= 15 is 0 Å². The Labute approximate surface area is 140 Å². The lowest BCUT2D eigenvalue weighted by Crippen LogP contribution is -2.37. The monoisotopic (exact) mass is 332 g/mol. The molecule has 2 aromatic carbocycles. The summed E-state index contributed by atoms with van der Waals surface area (Å²) in [5.41, 5.74) is 2.05. The smallest absolute Gasteiger partial charge is 0.315 e. The van der Waals surface area contributed by atoms with Gasteiger partial charge < -0.3 is 20.5 Å². The molecule has 24 heavy (non-hydrogen) atoms. The summed E-state index contributed by atoms with van der Waals surface area (Å²) in [6.07, 6.45) is -1.11. The van der Waals surface area contributed by atoms with E-state index in [4.69, 9.17) is 4.74 Å². The molecular weight excluding hydrogens is 311 g/mol. The van der Waals surface area contributed by atoms with Crippen molar-refractivity contribution in [3.63, 3.8) is 0 Å². The molecular formula is C18H21FN2O3. The Hall–Kier alpha value is -2.60. The average Bonchev–Trinajstić information content (AvgIpc) is 2.58. The highest BCUT2D eigenvalue weighted by molar-refractivity contribution is 5.74. The van der Waals surface area contributed by atoms with E-state index < -0.39 is 18.0 Å². The molecule has 0 saturated carbocycles. The number of amides is 2. The zero-order valence-electron chi connectivity index (χ0n) is 13.7. The van der Waals surface area contributed by atoms with Crippen molar-refractivity contribution in [2.75, 3.05) is 13.7 Å². The highest BCUT2D eigenvalue weighted by Gasteiger charge is 2.13. The Morgan fingerprint density at radius 3 is 2.71 bits per heavy atom. The molecule has 0 heterocycles. The van der Waals surface area contributed by atoms with Crippen molar-refractivity contribution in [1.82, 2.24) is 10.6 Å². The number of urea groups is 1. The third kappa shape index (κ3) is 4.70. The minimum absolute atomic E-state index is 0.0855. The molecule has 0 bridgehead atoms. The van der Waals surface area contributed by atoms with Crippen LogP contribution in [0.5, 0.6) is 5.75 Å². The molecule has 2 amide bonds. The van der Waals surface area contributed by atoms with Crippen molar-refractivity contribution < 1.29 is 19.0 Å². The van der Waals surface area contributed by atoms with E-state index in [1.165, 1.54) is 12.1 Å². The van der Waals surface area contributed by atoms with Crippen molar-refractivity contribution in [3.8, 4) is 5.75 Å². The van der Waals surface area contributed by atoms with Crippen LogP contribution < -0.4 is 15.4 Å². The number of aliphatic hydroxyl groups is 1. The van der Waals surface area contributed by atoms with Crippen LogP contribution in [0.15, 0.2) is 42.5 Å². The van der Waals surface area contributed by atoms with Gasteiger partial charge in [0, 0.05) is 24.2 Å². The molecule has 6 heteroatoms. The fourth-order valence-electron chi connectivity index (χ4n) is 2.28. The number of carbonyl (C=O) groups is 1. The molecule has 128 valence electrons. The number of aliphatic hydroxyl groups excluding tert-OH is 1. The van der Waals surface area contributed by atoms with E-state index in [1.807, 2.05) is 25.1 Å². The maximum atomic E-state index is 13.5. The van der Waals surface area contributed by atoms with Crippen LogP contribution in [-0.2, 0) is 6.54 Å². The van der Waals surface area contributed by atoms with Crippen LogP contribution in [0.1, 0.15) is 22.8 Å². The number of hydrogen-bond acceptors (Lipinski definition) is 3. The zero-order chi connectivity index (χ0) is 17.5. The summed E-state index contributed by atoms with van der Waals surface area (Å²) in [6, 6.07) is 11.2. The van der Waals surface area contributed by atoms with Gasteiger partial charge in [0.05, 0.1) is 13.2 Å². The average molecular weight is 332 g/mol. The predicted molar refractivity (Wildman–Crippen MR) is 89.3 cm³/mol. The lowest BCUT2D eigenvalue weighted by molar-refractivity contribution is 0.169. The van der Waals surface area contributed by atoms with Gasteiger partial charge in [-0.05, 0) is 24.6 Å². The second-order valence-corrected chi connectivity index (χ2v) is 5.42. The summed E-state index contributed by atoms with van der Waals surface area (Å²) >= 11 is 0. The van der Waals surface area contributed by atoms with E-state index in [1.54, 1.807) is 19.2 Å². The van der Waals surface area contributed by atoms with Crippen molar-refractivity contribution in [1.29, 1.82) is 0 Å². The Bertz CT molecular complexity index is 706. The van der Waals surface area contributed by atoms with Crippen LogP contribution in [0, 0.1) is 12.7 Å². The van der Waals surface area contributed by atoms with Gasteiger partial charge >= 0.3 is 6.03 Å². The molecule has 0 saturated heterocycles. The van der Waals surface area contributed by atoms with Crippen LogP contribution in [0.3, 0.4) is 0 Å². The summed E-state index contributed by atoms with van der Waals surface area (Å²) in [5.74, 6) is 0.193. The third-order valence-electron chi connectivity index (χ3n) is 3.60. The Kier molecular flexibility index (Phi) is 6.14. The summed E-state index contributed by atoms with van der Waals surface area (Å²) in [7, 11) is 1.57. The molecule has 2 aromatic rings. The van der Waals surface area contributed by atoms with Crippen LogP contribution in [0.25, 0.3) is 0 Å². The van der Waals surface area contributed by atoms with Gasteiger partial charge in [-0.1, -0.05) is 30.3 Å². The van der Waals surface area contributed by atoms with E-state index in [2.05, 4.69) is 10.6 Å². The second kappa shape index (κ2) is 8.31. The molecule has 1 atom stereocenters. The van der Waals surface area contributed by atoms with E-state index in [9.17, 15) is 14.3 Å². The first-order valence-electron chi connectivity index (χ1n) is 7.59. The topological polar surface area (TPSA) is 70.6 Å². The number of nitrogens with one attached hydrogen (secondary N) is 2. The first-order valence-corrected chi connectivity index (χ1v) is 7.59. The van der Waals surface area contributed by atoms with Gasteiger partial charge in [-0.2, -0.15) is 0 Å². The normalized spacial score (nSPS) is 11.7. The lowest BCUT2D eigenvalue weighted by atomic mass is 10.1. The maximum absolute atomic E-state index is 13.5. The Morgan fingerprint density at radius 1 is 1.25 bits per heavy atom. The minimum Gasteiger partial charge on any atom is -0.496 e. The van der Waals surface area contributed by atoms with Crippen molar-refractivity contribution in [2.45, 2.75) is 19.6 Å². The molecule has 2 rings (SSSR count). The predicted octanol–water partition coefficient (Wildman–Crippen LogP) is 2.68. The highest BCUT2D eigenvalue weighted by atomic mass is 19.1. The number of hydrogen-bond donors (Lipinski definition) is 3. The van der Waals surface area contributed by atoms with Crippen LogP contribution in [0.2, 0.25) is 0 Å². The zero-order valence-corrected chi connectivity index (χ0v) is 13.7. The van der Waals surface area contributed by atoms with Gasteiger partial charge in [-0.3, -0.25) is 0 Å². The number of aryl methyl sites for hydroxylation is 1. The number of benzene rings is 2. The summed E-state index contributed by atoms with van der Waals surface area (Å²) < 4.78 is 18.8. The molecule has 5 nitrogen and oxygen atoms in total. The lowest BCUT2D eigenvalue weighted by Gasteiger charge is -2.14. The number of ether oxygens (including phenoxy) is 1. The van der Waals surface area contributed by atoms with Gasteiger partial charge in [0.2, 0.25) is 0 Å². The Morgan fingerprint density at radius 2 is 2.00 bits per heavy atom. The maximum Gasteiger partial charge on any atom is 0.315 e. The minimum atomic E-state index is -1.11. The number of carbonyl (C=O) groups excluding carboxylic acids is 1. The molecule has 0 aliphatic rings. The second-order valence-electron chi connectivity index (χ2n) is 5.42. The number of rotatable bonds is 6. The molecule has 0 fully saturated rings. The SMILES string of the molecule is COc1cc(C)ccc1CNC(=O)NCC(O)c1ccccc1F. The molecule has 1 unspecified atom stereocenters. The van der Waals surface area contributed by atoms with Gasteiger partial charge in [0.1, 0.15) is 11.6 Å². The molecule has 0 radical (unpaired) electrons. The fourth-order valence-corrected chi connectivity index (χ4v) is 2.28. The van der Waals surface area contributed by atoms with Crippen molar-refractivity contribution in [3.05, 3.63) is 65.0 Å². The van der Waals surface area contributed by atoms with E-state index in [0.29, 0.717) is 5.75 Å². The summed E-state index contributed by atoms with van der Waals surface area (Å²) in [4.78, 5) is 11.8. The van der Waals surface area contributed by atoms with Gasteiger partial charge in [-0.15, -0.1) is 0 Å². The van der Waals surface area contributed by atoms with Crippen LogP contribution in [0.4, 0.5) is 9.18 Å². The highest BCUT2D eigenvalue weighted by Crippen LogP contribution is 2.19. The van der Waals surface area contributed by atoms with Crippen molar-refractivity contribution in [2.24, 2.45) is 0 Å². The fraction of sp³-hybridized carbons (Fsp3) is 0.278. The molecule has 0 aliphatic carbocycles. The van der Waals surface area contributed by atoms with Crippen LogP contribution >= 0.6 is 0 Å². The molecule has 0 aromatic heterocycles. The standard InChI is InChI=1S/C18H21FN2O3/c1-12-7-8-13(17(9-12)24-2)10-20-18(23)21-11-16(22)14-5-3-4-6-15(14)19/h3-9,16,22H,10-11H2,1-2H3,(H2,20,21,23). The molecule has 0 spiro atoms. The van der Waals surface area contributed by atoms with E-state index in [0.717, 1.165) is 11.1 Å². The van der Waals surface area contributed by atoms with Gasteiger partial charge in [0.15, 0.2) is 0 Å². The van der Waals surface area contributed by atoms with E-state index in [-0.39, 0.29) is 18.7 Å². The number of methoxy groups -OCH3 is 1. The third-order valence-corrected chi connectivity index (χ3v) is 3.60. The van der Waals surface area contributed by atoms with Gasteiger partial charge in [-0.25, -0.2) is 9.18 Å². The molecule has 0 aliphatic heterocycles. The first kappa shape index (κ1) is 17.7. The van der Waals surface area contributed by atoms with Crippen LogP contribution in [-0.4, -0.2) is 24.8 Å². The Balaban J connectivity index is 1.85. The molecule has 3 N–H and O–H groups in total. The quantitative estimate of drug-likeness (QED) is 0.762.